The van der Waals surface area contributed by atoms with Gasteiger partial charge >= 0.3 is 0 Å². The molecule has 0 spiro atoms. The van der Waals surface area contributed by atoms with Crippen LogP contribution in [0.25, 0.3) is 10.9 Å². The Morgan fingerprint density at radius 3 is 2.86 bits per heavy atom. The summed E-state index contributed by atoms with van der Waals surface area (Å²) >= 11 is 0. The molecule has 21 heavy (non-hydrogen) atoms. The maximum Gasteiger partial charge on any atom is 0.189 e. The first-order valence-electron chi connectivity index (χ1n) is 7.54. The van der Waals surface area contributed by atoms with Gasteiger partial charge in [-0.05, 0) is 39.6 Å². The predicted molar refractivity (Wildman–Crippen MR) is 86.7 cm³/mol. The third-order valence-electron chi connectivity index (χ3n) is 4.41. The minimum absolute atomic E-state index is 0.116. The fraction of sp³-hybridized carbons (Fsp3) is 0.471. The molecular weight excluding hydrogens is 262 g/mol. The Kier molecular flexibility index (Phi) is 3.83. The Labute approximate surface area is 125 Å². The molecular formula is C17H23N3O. The van der Waals surface area contributed by atoms with Crippen LogP contribution in [-0.4, -0.2) is 48.0 Å². The highest BCUT2D eigenvalue weighted by Gasteiger charge is 2.24. The van der Waals surface area contributed by atoms with E-state index in [1.807, 2.05) is 25.1 Å². The first-order valence-corrected chi connectivity index (χ1v) is 7.54. The Balaban J connectivity index is 1.82. The molecule has 3 rings (SSSR count). The van der Waals surface area contributed by atoms with Crippen LogP contribution in [0.4, 0.5) is 0 Å². The van der Waals surface area contributed by atoms with Gasteiger partial charge in [0.2, 0.25) is 0 Å². The molecule has 0 aliphatic carbocycles. The summed E-state index contributed by atoms with van der Waals surface area (Å²) in [4.78, 5) is 20.4. The van der Waals surface area contributed by atoms with Crippen LogP contribution in [0.5, 0.6) is 0 Å². The molecule has 1 aliphatic rings. The van der Waals surface area contributed by atoms with E-state index in [9.17, 15) is 4.79 Å². The lowest BCUT2D eigenvalue weighted by molar-refractivity contribution is 0.263. The van der Waals surface area contributed by atoms with Crippen LogP contribution in [0.2, 0.25) is 0 Å². The third-order valence-corrected chi connectivity index (χ3v) is 4.41. The van der Waals surface area contributed by atoms with Crippen molar-refractivity contribution in [2.24, 2.45) is 0 Å². The number of H-pyrrole nitrogens is 1. The molecule has 1 aliphatic heterocycles. The molecule has 1 N–H and O–H groups in total. The number of hydrogen-bond acceptors (Lipinski definition) is 3. The van der Waals surface area contributed by atoms with Crippen molar-refractivity contribution in [2.45, 2.75) is 25.9 Å². The van der Waals surface area contributed by atoms with Crippen molar-refractivity contribution in [1.82, 2.24) is 14.8 Å². The monoisotopic (exact) mass is 285 g/mol. The summed E-state index contributed by atoms with van der Waals surface area (Å²) in [6.45, 7) is 5.00. The summed E-state index contributed by atoms with van der Waals surface area (Å²) in [5.41, 5.74) is 3.18. The summed E-state index contributed by atoms with van der Waals surface area (Å²) in [5, 5.41) is 0.784. The molecule has 0 unspecified atom stereocenters. The van der Waals surface area contributed by atoms with Crippen molar-refractivity contribution in [2.75, 3.05) is 27.2 Å². The van der Waals surface area contributed by atoms with E-state index < -0.39 is 0 Å². The highest BCUT2D eigenvalue weighted by atomic mass is 16.1. The van der Waals surface area contributed by atoms with Gasteiger partial charge in [0.25, 0.3) is 0 Å². The number of pyridine rings is 1. The van der Waals surface area contributed by atoms with E-state index in [1.165, 1.54) is 6.42 Å². The summed E-state index contributed by atoms with van der Waals surface area (Å²) in [7, 11) is 4.27. The number of nitrogens with zero attached hydrogens (tertiary/aromatic N) is 2. The normalized spacial score (nSPS) is 19.7. The number of rotatable bonds is 3. The lowest BCUT2D eigenvalue weighted by Gasteiger charge is -2.20. The van der Waals surface area contributed by atoms with E-state index in [2.05, 4.69) is 28.9 Å². The Bertz CT molecular complexity index is 705. The molecule has 1 saturated heterocycles. The second-order valence-electron chi connectivity index (χ2n) is 6.35. The van der Waals surface area contributed by atoms with Crippen LogP contribution in [0.1, 0.15) is 17.7 Å². The van der Waals surface area contributed by atoms with Crippen molar-refractivity contribution < 1.29 is 0 Å². The van der Waals surface area contributed by atoms with Crippen LogP contribution in [-0.2, 0) is 6.54 Å². The van der Waals surface area contributed by atoms with Crippen molar-refractivity contribution in [3.8, 4) is 0 Å². The van der Waals surface area contributed by atoms with E-state index in [4.69, 9.17) is 0 Å². The number of aromatic amines is 1. The van der Waals surface area contributed by atoms with E-state index in [0.717, 1.165) is 41.8 Å². The number of aromatic nitrogens is 1. The van der Waals surface area contributed by atoms with Gasteiger partial charge in [0, 0.05) is 48.3 Å². The van der Waals surface area contributed by atoms with Crippen LogP contribution in [0, 0.1) is 6.92 Å². The van der Waals surface area contributed by atoms with Crippen molar-refractivity contribution in [3.05, 3.63) is 45.7 Å². The number of hydrogen-bond donors (Lipinski definition) is 1. The molecule has 0 radical (unpaired) electrons. The largest absolute Gasteiger partial charge is 0.357 e. The average Bonchev–Trinajstić information content (AvgIpc) is 2.88. The molecule has 1 aromatic carbocycles. The fourth-order valence-corrected chi connectivity index (χ4v) is 3.12. The van der Waals surface area contributed by atoms with Gasteiger partial charge in [0.1, 0.15) is 0 Å². The lowest BCUT2D eigenvalue weighted by atomic mass is 10.1. The molecule has 1 fully saturated rings. The molecule has 1 atom stereocenters. The van der Waals surface area contributed by atoms with E-state index in [0.29, 0.717) is 6.04 Å². The first-order chi connectivity index (χ1) is 10.0. The van der Waals surface area contributed by atoms with Crippen LogP contribution in [0.3, 0.4) is 0 Å². The van der Waals surface area contributed by atoms with Gasteiger partial charge < -0.3 is 9.88 Å². The zero-order valence-electron chi connectivity index (χ0n) is 13.0. The minimum atomic E-state index is 0.116. The average molecular weight is 285 g/mol. The molecule has 1 aromatic heterocycles. The Hall–Kier alpha value is -1.65. The standard InChI is InChI=1S/C17H23N3O/c1-12-4-5-16-15(8-12)17(21)9-13(18-16)10-20-7-6-14(11-20)19(2)3/h4-5,8-9,14H,6-7,10-11H2,1-3H3,(H,18,21)/t14-/m0/s1. The SMILES string of the molecule is Cc1ccc2[nH]c(CN3CC[C@H](N(C)C)C3)cc(=O)c2c1. The minimum Gasteiger partial charge on any atom is -0.357 e. The number of aryl methyl sites for hydroxylation is 1. The molecule has 2 heterocycles. The van der Waals surface area contributed by atoms with E-state index in [1.54, 1.807) is 6.07 Å². The van der Waals surface area contributed by atoms with Crippen molar-refractivity contribution in [1.29, 1.82) is 0 Å². The third kappa shape index (κ3) is 3.01. The van der Waals surface area contributed by atoms with Gasteiger partial charge in [-0.25, -0.2) is 0 Å². The number of benzene rings is 1. The van der Waals surface area contributed by atoms with Gasteiger partial charge in [-0.2, -0.15) is 0 Å². The van der Waals surface area contributed by atoms with Crippen molar-refractivity contribution >= 4 is 10.9 Å². The van der Waals surface area contributed by atoms with Crippen LogP contribution >= 0.6 is 0 Å². The smallest absolute Gasteiger partial charge is 0.189 e. The van der Waals surface area contributed by atoms with Gasteiger partial charge in [-0.15, -0.1) is 0 Å². The fourth-order valence-electron chi connectivity index (χ4n) is 3.12. The highest BCUT2D eigenvalue weighted by Crippen LogP contribution is 2.16. The lowest BCUT2D eigenvalue weighted by Crippen LogP contribution is -2.31. The molecule has 0 bridgehead atoms. The summed E-state index contributed by atoms with van der Waals surface area (Å²) in [6, 6.07) is 8.38. The zero-order chi connectivity index (χ0) is 15.0. The molecule has 0 amide bonds. The second kappa shape index (κ2) is 5.62. The van der Waals surface area contributed by atoms with E-state index >= 15 is 0 Å². The molecule has 4 nitrogen and oxygen atoms in total. The topological polar surface area (TPSA) is 39.3 Å². The van der Waals surface area contributed by atoms with Gasteiger partial charge in [0.05, 0.1) is 0 Å². The van der Waals surface area contributed by atoms with Gasteiger partial charge in [-0.3, -0.25) is 9.69 Å². The highest BCUT2D eigenvalue weighted by molar-refractivity contribution is 5.79. The Morgan fingerprint density at radius 1 is 1.33 bits per heavy atom. The van der Waals surface area contributed by atoms with Crippen LogP contribution in [0.15, 0.2) is 29.1 Å². The van der Waals surface area contributed by atoms with Crippen molar-refractivity contribution in [3.63, 3.8) is 0 Å². The maximum atomic E-state index is 12.3. The molecule has 0 saturated carbocycles. The molecule has 112 valence electrons. The van der Waals surface area contributed by atoms with Gasteiger partial charge in [-0.1, -0.05) is 11.6 Å². The Morgan fingerprint density at radius 2 is 2.14 bits per heavy atom. The molecule has 2 aromatic rings. The summed E-state index contributed by atoms with van der Waals surface area (Å²) < 4.78 is 0. The molecule has 4 heteroatoms. The predicted octanol–water partition coefficient (Wildman–Crippen LogP) is 1.97. The van der Waals surface area contributed by atoms with E-state index in [-0.39, 0.29) is 5.43 Å². The number of nitrogens with one attached hydrogen (secondary N) is 1. The number of likely N-dealkylation sites (N-methyl/N-ethyl adjacent to an activating group) is 1. The van der Waals surface area contributed by atoms with Gasteiger partial charge in [0.15, 0.2) is 5.43 Å². The van der Waals surface area contributed by atoms with Crippen LogP contribution < -0.4 is 5.43 Å². The second-order valence-corrected chi connectivity index (χ2v) is 6.35. The zero-order valence-corrected chi connectivity index (χ0v) is 13.0. The number of likely N-dealkylation sites (tertiary alicyclic amines) is 1. The first kappa shape index (κ1) is 14.3. The quantitative estimate of drug-likeness (QED) is 0.937. The summed E-state index contributed by atoms with van der Waals surface area (Å²) in [5.74, 6) is 0. The summed E-state index contributed by atoms with van der Waals surface area (Å²) in [6.07, 6.45) is 1.20. The maximum absolute atomic E-state index is 12.3. The number of fused-ring (bicyclic) bond motifs is 1.